The van der Waals surface area contributed by atoms with E-state index in [0.717, 1.165) is 30.8 Å². The Morgan fingerprint density at radius 2 is 2.00 bits per heavy atom. The van der Waals surface area contributed by atoms with Gasteiger partial charge in [0.15, 0.2) is 0 Å². The van der Waals surface area contributed by atoms with Crippen LogP contribution in [0.15, 0.2) is 59.9 Å². The number of aromatic nitrogens is 1. The first-order valence-corrected chi connectivity index (χ1v) is 10.5. The van der Waals surface area contributed by atoms with E-state index in [2.05, 4.69) is 20.6 Å². The minimum atomic E-state index is -4.63. The minimum absolute atomic E-state index is 0.0307. The van der Waals surface area contributed by atoms with Gasteiger partial charge in [-0.15, -0.1) is 0 Å². The average molecular weight is 459 g/mol. The molecule has 2 atom stereocenters. The van der Waals surface area contributed by atoms with E-state index in [1.54, 1.807) is 24.5 Å². The number of hydrogen-bond acceptors (Lipinski definition) is 6. The zero-order valence-electron chi connectivity index (χ0n) is 17.7. The summed E-state index contributed by atoms with van der Waals surface area (Å²) in [6.07, 6.45) is 2.18. The van der Waals surface area contributed by atoms with Gasteiger partial charge in [-0.2, -0.15) is 13.2 Å². The number of allylic oxidation sites excluding steroid dienone is 1. The molecule has 0 aliphatic carbocycles. The summed E-state index contributed by atoms with van der Waals surface area (Å²) in [6, 6.07) is 6.90. The minimum Gasteiger partial charge on any atom is -0.493 e. The molecule has 2 unspecified atom stereocenters. The number of carbonyl (C=O) groups excluding carboxylic acids is 1. The molecule has 4 N–H and O–H groups in total. The van der Waals surface area contributed by atoms with Gasteiger partial charge >= 0.3 is 6.18 Å². The van der Waals surface area contributed by atoms with Crippen LogP contribution in [0, 0.1) is 5.92 Å². The van der Waals surface area contributed by atoms with Gasteiger partial charge in [-0.05, 0) is 47.5 Å². The molecule has 2 aliphatic rings. The largest absolute Gasteiger partial charge is 0.493 e. The molecule has 3 heterocycles. The fourth-order valence-corrected chi connectivity index (χ4v) is 3.85. The Labute approximate surface area is 188 Å². The van der Waals surface area contributed by atoms with Crippen molar-refractivity contribution in [1.29, 1.82) is 0 Å². The van der Waals surface area contributed by atoms with Crippen LogP contribution in [0.5, 0.6) is 5.75 Å². The van der Waals surface area contributed by atoms with Gasteiger partial charge in [-0.1, -0.05) is 6.08 Å². The first-order chi connectivity index (χ1) is 15.8. The molecule has 174 valence electrons. The molecule has 7 nitrogen and oxygen atoms in total. The number of rotatable bonds is 8. The summed E-state index contributed by atoms with van der Waals surface area (Å²) in [5.41, 5.74) is 4.19. The maximum Gasteiger partial charge on any atom is 0.416 e. The van der Waals surface area contributed by atoms with E-state index in [1.807, 2.05) is 0 Å². The third-order valence-corrected chi connectivity index (χ3v) is 5.83. The molecule has 2 aliphatic heterocycles. The Morgan fingerprint density at radius 1 is 1.24 bits per heavy atom. The van der Waals surface area contributed by atoms with Crippen molar-refractivity contribution in [3.05, 3.63) is 71.6 Å². The number of hydrogen-bond donors (Lipinski definition) is 3. The summed E-state index contributed by atoms with van der Waals surface area (Å²) in [7, 11) is 0. The summed E-state index contributed by atoms with van der Waals surface area (Å²) < 4.78 is 46.9. The van der Waals surface area contributed by atoms with E-state index in [1.165, 1.54) is 24.4 Å². The number of aliphatic imine (C=N–C) groups is 1. The zero-order valence-corrected chi connectivity index (χ0v) is 17.7. The second-order valence-electron chi connectivity index (χ2n) is 8.11. The molecule has 0 spiro atoms. The highest BCUT2D eigenvalue weighted by atomic mass is 19.4. The number of dihydropyridines is 1. The van der Waals surface area contributed by atoms with Crippen LogP contribution in [0.4, 0.5) is 13.2 Å². The molecule has 2 aromatic rings. The first-order valence-electron chi connectivity index (χ1n) is 10.5. The van der Waals surface area contributed by atoms with E-state index in [-0.39, 0.29) is 23.8 Å². The zero-order chi connectivity index (χ0) is 23.5. The lowest BCUT2D eigenvalue weighted by molar-refractivity contribution is -0.138. The number of primary amides is 1. The van der Waals surface area contributed by atoms with Crippen molar-refractivity contribution in [1.82, 2.24) is 15.6 Å². The van der Waals surface area contributed by atoms with Crippen LogP contribution in [0.3, 0.4) is 0 Å². The molecule has 33 heavy (non-hydrogen) atoms. The van der Waals surface area contributed by atoms with Crippen molar-refractivity contribution in [3.63, 3.8) is 0 Å². The van der Waals surface area contributed by atoms with E-state index in [0.29, 0.717) is 6.54 Å². The monoisotopic (exact) mass is 459 g/mol. The fraction of sp³-hybridized carbons (Fsp3) is 0.348. The number of carbonyl (C=O) groups is 1. The molecule has 4 rings (SSSR count). The van der Waals surface area contributed by atoms with Gasteiger partial charge in [0.05, 0.1) is 12.2 Å². The van der Waals surface area contributed by atoms with E-state index in [4.69, 9.17) is 10.5 Å². The van der Waals surface area contributed by atoms with Crippen molar-refractivity contribution < 1.29 is 22.7 Å². The van der Waals surface area contributed by atoms with Crippen LogP contribution < -0.4 is 21.1 Å². The first kappa shape index (κ1) is 22.9. The number of amides is 1. The Morgan fingerprint density at radius 3 is 2.64 bits per heavy atom. The molecular formula is C23H24F3N5O2. The molecule has 0 radical (unpaired) electrons. The number of pyridine rings is 1. The Kier molecular flexibility index (Phi) is 6.48. The normalized spacial score (nSPS) is 22.7. The molecule has 0 saturated carbocycles. The third kappa shape index (κ3) is 4.91. The third-order valence-electron chi connectivity index (χ3n) is 5.83. The molecule has 1 amide bonds. The number of benzene rings is 1. The molecular weight excluding hydrogens is 435 g/mol. The number of nitrogens with one attached hydrogen (secondary N) is 2. The van der Waals surface area contributed by atoms with Crippen LogP contribution in [0.2, 0.25) is 0 Å². The van der Waals surface area contributed by atoms with Crippen LogP contribution >= 0.6 is 0 Å². The van der Waals surface area contributed by atoms with Crippen molar-refractivity contribution in [3.8, 4) is 5.75 Å². The summed E-state index contributed by atoms with van der Waals surface area (Å²) in [5, 5.41) is 6.24. The molecule has 1 aromatic heterocycles. The maximum atomic E-state index is 13.7. The van der Waals surface area contributed by atoms with E-state index >= 15 is 0 Å². The van der Waals surface area contributed by atoms with Gasteiger partial charge in [0.2, 0.25) is 5.91 Å². The smallest absolute Gasteiger partial charge is 0.416 e. The average Bonchev–Trinajstić information content (AvgIpc) is 2.76. The topological polar surface area (TPSA) is 102 Å². The van der Waals surface area contributed by atoms with Gasteiger partial charge in [0.1, 0.15) is 17.3 Å². The lowest BCUT2D eigenvalue weighted by Gasteiger charge is -2.36. The lowest BCUT2D eigenvalue weighted by Crippen LogP contribution is -2.55. The fourth-order valence-electron chi connectivity index (χ4n) is 3.85. The van der Waals surface area contributed by atoms with E-state index < -0.39 is 29.2 Å². The van der Waals surface area contributed by atoms with Crippen LogP contribution in [0.1, 0.15) is 16.7 Å². The van der Waals surface area contributed by atoms with Crippen LogP contribution in [-0.2, 0) is 22.9 Å². The van der Waals surface area contributed by atoms with Crippen LogP contribution in [-0.4, -0.2) is 43.0 Å². The van der Waals surface area contributed by atoms with Crippen molar-refractivity contribution >= 4 is 12.1 Å². The predicted molar refractivity (Wildman–Crippen MR) is 117 cm³/mol. The number of ether oxygens (including phenoxy) is 1. The van der Waals surface area contributed by atoms with Crippen molar-refractivity contribution in [2.24, 2.45) is 16.6 Å². The molecule has 0 bridgehead atoms. The quantitative estimate of drug-likeness (QED) is 0.562. The lowest BCUT2D eigenvalue weighted by atomic mass is 9.74. The van der Waals surface area contributed by atoms with Crippen molar-refractivity contribution in [2.45, 2.75) is 24.3 Å². The van der Waals surface area contributed by atoms with Gasteiger partial charge in [-0.3, -0.25) is 20.1 Å². The second kappa shape index (κ2) is 9.32. The van der Waals surface area contributed by atoms with Gasteiger partial charge in [-0.25, -0.2) is 0 Å². The summed E-state index contributed by atoms with van der Waals surface area (Å²) in [6.45, 7) is 2.07. The molecule has 1 fully saturated rings. The number of halogens is 3. The summed E-state index contributed by atoms with van der Waals surface area (Å²) >= 11 is 0. The predicted octanol–water partition coefficient (Wildman–Crippen LogP) is 2.18. The highest BCUT2D eigenvalue weighted by Gasteiger charge is 2.46. The Balaban J connectivity index is 1.71. The summed E-state index contributed by atoms with van der Waals surface area (Å²) in [4.78, 5) is 21.1. The summed E-state index contributed by atoms with van der Waals surface area (Å²) in [5.74, 6) is -0.568. The number of nitrogens with zero attached hydrogens (tertiary/aromatic N) is 2. The SMILES string of the molecule is NC(=O)C1(c2cc(OCC3CNC3)cc(C(F)(F)F)c2)C=CC=NC1NCc1ccncc1. The molecule has 1 aromatic carbocycles. The van der Waals surface area contributed by atoms with E-state index in [9.17, 15) is 18.0 Å². The van der Waals surface area contributed by atoms with Crippen molar-refractivity contribution in [2.75, 3.05) is 19.7 Å². The Hall–Kier alpha value is -3.24. The van der Waals surface area contributed by atoms with Gasteiger partial charge < -0.3 is 15.8 Å². The Bertz CT molecular complexity index is 1050. The molecule has 10 heteroatoms. The number of alkyl halides is 3. The second-order valence-corrected chi connectivity index (χ2v) is 8.11. The highest BCUT2D eigenvalue weighted by Crippen LogP contribution is 2.39. The standard InChI is InChI=1S/C23H24F3N5O2/c24-23(25,26)18-8-17(9-19(10-18)33-14-16-11-29-12-16)22(20(27)32)4-1-5-30-21(22)31-13-15-2-6-28-7-3-15/h1-10,16,21,29,31H,11-14H2,(H2,27,32). The van der Waals surface area contributed by atoms with Gasteiger partial charge in [0, 0.05) is 44.2 Å². The highest BCUT2D eigenvalue weighted by molar-refractivity contribution is 5.93. The van der Waals surface area contributed by atoms with Gasteiger partial charge in [0.25, 0.3) is 0 Å². The van der Waals surface area contributed by atoms with Crippen LogP contribution in [0.25, 0.3) is 0 Å². The maximum absolute atomic E-state index is 13.7. The number of nitrogens with two attached hydrogens (primary N) is 1. The molecule has 1 saturated heterocycles.